The average Bonchev–Trinajstić information content (AvgIpc) is 2.66. The SMILES string of the molecule is CCc1ccc(Nc2ncc(C(=O)Nc3cccc(C)c3C)cn2)cc1. The number of carbonyl (C=O) groups excluding carboxylic acids is 1. The van der Waals surface area contributed by atoms with E-state index in [1.807, 2.05) is 44.2 Å². The van der Waals surface area contributed by atoms with E-state index in [0.717, 1.165) is 28.9 Å². The quantitative estimate of drug-likeness (QED) is 0.705. The molecule has 0 saturated carbocycles. The first kappa shape index (κ1) is 17.6. The van der Waals surface area contributed by atoms with Crippen molar-refractivity contribution in [3.05, 3.63) is 77.1 Å². The summed E-state index contributed by atoms with van der Waals surface area (Å²) < 4.78 is 0. The Morgan fingerprint density at radius 2 is 1.69 bits per heavy atom. The fourth-order valence-corrected chi connectivity index (χ4v) is 2.54. The maximum Gasteiger partial charge on any atom is 0.258 e. The molecule has 3 aromatic rings. The monoisotopic (exact) mass is 346 g/mol. The van der Waals surface area contributed by atoms with Crippen LogP contribution in [0.4, 0.5) is 17.3 Å². The molecule has 26 heavy (non-hydrogen) atoms. The third kappa shape index (κ3) is 4.06. The van der Waals surface area contributed by atoms with E-state index >= 15 is 0 Å². The van der Waals surface area contributed by atoms with E-state index in [0.29, 0.717) is 11.5 Å². The number of anilines is 3. The lowest BCUT2D eigenvalue weighted by atomic mass is 10.1. The van der Waals surface area contributed by atoms with Gasteiger partial charge in [-0.25, -0.2) is 9.97 Å². The standard InChI is InChI=1S/C21H22N4O/c1-4-16-8-10-18(11-9-16)24-21-22-12-17(13-23-21)20(26)25-19-7-5-6-14(2)15(19)3/h5-13H,4H2,1-3H3,(H,25,26)(H,22,23,24). The van der Waals surface area contributed by atoms with Crippen LogP contribution in [0.1, 0.15) is 34.0 Å². The lowest BCUT2D eigenvalue weighted by Gasteiger charge is -2.10. The van der Waals surface area contributed by atoms with Gasteiger partial charge < -0.3 is 10.6 Å². The fraction of sp³-hybridized carbons (Fsp3) is 0.190. The van der Waals surface area contributed by atoms with Crippen molar-refractivity contribution in [2.45, 2.75) is 27.2 Å². The van der Waals surface area contributed by atoms with Gasteiger partial charge in [-0.2, -0.15) is 0 Å². The first-order valence-corrected chi connectivity index (χ1v) is 8.62. The number of carbonyl (C=O) groups is 1. The van der Waals surface area contributed by atoms with Crippen molar-refractivity contribution < 1.29 is 4.79 Å². The molecule has 0 radical (unpaired) electrons. The van der Waals surface area contributed by atoms with Crippen molar-refractivity contribution in [3.63, 3.8) is 0 Å². The fourth-order valence-electron chi connectivity index (χ4n) is 2.54. The van der Waals surface area contributed by atoms with Crippen molar-refractivity contribution in [2.24, 2.45) is 0 Å². The Bertz CT molecular complexity index is 902. The number of amides is 1. The zero-order chi connectivity index (χ0) is 18.5. The van der Waals surface area contributed by atoms with E-state index in [-0.39, 0.29) is 5.91 Å². The summed E-state index contributed by atoms with van der Waals surface area (Å²) in [5.41, 5.74) is 5.58. The largest absolute Gasteiger partial charge is 0.324 e. The van der Waals surface area contributed by atoms with Gasteiger partial charge in [0, 0.05) is 23.8 Å². The Kier molecular flexibility index (Phi) is 5.27. The van der Waals surface area contributed by atoms with Gasteiger partial charge in [-0.05, 0) is 55.2 Å². The summed E-state index contributed by atoms with van der Waals surface area (Å²) >= 11 is 0. The number of hydrogen-bond acceptors (Lipinski definition) is 4. The number of benzene rings is 2. The number of hydrogen-bond donors (Lipinski definition) is 2. The highest BCUT2D eigenvalue weighted by molar-refractivity contribution is 6.04. The summed E-state index contributed by atoms with van der Waals surface area (Å²) in [7, 11) is 0. The molecular formula is C21H22N4O. The maximum atomic E-state index is 12.4. The molecule has 0 atom stereocenters. The third-order valence-electron chi connectivity index (χ3n) is 4.39. The molecule has 0 unspecified atom stereocenters. The summed E-state index contributed by atoms with van der Waals surface area (Å²) in [6.07, 6.45) is 4.05. The second kappa shape index (κ2) is 7.78. The smallest absolute Gasteiger partial charge is 0.258 e. The topological polar surface area (TPSA) is 66.9 Å². The Labute approximate surface area is 153 Å². The molecule has 2 N–H and O–H groups in total. The highest BCUT2D eigenvalue weighted by atomic mass is 16.1. The van der Waals surface area contributed by atoms with E-state index in [2.05, 4.69) is 39.7 Å². The molecule has 1 aromatic heterocycles. The number of nitrogens with one attached hydrogen (secondary N) is 2. The second-order valence-electron chi connectivity index (χ2n) is 6.17. The second-order valence-corrected chi connectivity index (χ2v) is 6.17. The van der Waals surface area contributed by atoms with Crippen LogP contribution in [0.2, 0.25) is 0 Å². The zero-order valence-electron chi connectivity index (χ0n) is 15.2. The molecule has 0 bridgehead atoms. The predicted octanol–water partition coefficient (Wildman–Crippen LogP) is 4.65. The molecule has 2 aromatic carbocycles. The van der Waals surface area contributed by atoms with Crippen molar-refractivity contribution in [3.8, 4) is 0 Å². The molecule has 1 heterocycles. The van der Waals surface area contributed by atoms with Crippen LogP contribution in [0.3, 0.4) is 0 Å². The Hall–Kier alpha value is -3.21. The number of aryl methyl sites for hydroxylation is 2. The molecule has 1 amide bonds. The summed E-state index contributed by atoms with van der Waals surface area (Å²) in [6, 6.07) is 13.9. The van der Waals surface area contributed by atoms with Crippen LogP contribution in [0.25, 0.3) is 0 Å². The normalized spacial score (nSPS) is 10.4. The molecule has 0 saturated heterocycles. The summed E-state index contributed by atoms with van der Waals surface area (Å²) in [5.74, 6) is 0.232. The number of aromatic nitrogens is 2. The van der Waals surface area contributed by atoms with Gasteiger partial charge in [0.1, 0.15) is 0 Å². The van der Waals surface area contributed by atoms with Crippen LogP contribution in [0.15, 0.2) is 54.9 Å². The molecular weight excluding hydrogens is 324 g/mol. The van der Waals surface area contributed by atoms with Crippen LogP contribution in [-0.4, -0.2) is 15.9 Å². The molecule has 5 heteroatoms. The Balaban J connectivity index is 1.68. The highest BCUT2D eigenvalue weighted by Crippen LogP contribution is 2.19. The first-order chi connectivity index (χ1) is 12.6. The molecule has 0 aliphatic heterocycles. The van der Waals surface area contributed by atoms with Gasteiger partial charge >= 0.3 is 0 Å². The van der Waals surface area contributed by atoms with Gasteiger partial charge in [-0.3, -0.25) is 4.79 Å². The van der Waals surface area contributed by atoms with E-state index in [4.69, 9.17) is 0 Å². The number of nitrogens with zero attached hydrogens (tertiary/aromatic N) is 2. The van der Waals surface area contributed by atoms with Gasteiger partial charge in [0.15, 0.2) is 0 Å². The molecule has 132 valence electrons. The summed E-state index contributed by atoms with van der Waals surface area (Å²) in [4.78, 5) is 20.9. The van der Waals surface area contributed by atoms with Gasteiger partial charge in [-0.15, -0.1) is 0 Å². The van der Waals surface area contributed by atoms with Crippen LogP contribution < -0.4 is 10.6 Å². The maximum absolute atomic E-state index is 12.4. The molecule has 0 aliphatic carbocycles. The van der Waals surface area contributed by atoms with E-state index < -0.39 is 0 Å². The molecule has 0 fully saturated rings. The van der Waals surface area contributed by atoms with Crippen LogP contribution >= 0.6 is 0 Å². The molecule has 0 spiro atoms. The number of rotatable bonds is 5. The minimum Gasteiger partial charge on any atom is -0.324 e. The van der Waals surface area contributed by atoms with Crippen molar-refractivity contribution >= 4 is 23.2 Å². The highest BCUT2D eigenvalue weighted by Gasteiger charge is 2.10. The molecule has 0 aliphatic rings. The average molecular weight is 346 g/mol. The van der Waals surface area contributed by atoms with Crippen molar-refractivity contribution in [1.82, 2.24) is 9.97 Å². The van der Waals surface area contributed by atoms with Crippen LogP contribution in [-0.2, 0) is 6.42 Å². The Morgan fingerprint density at radius 1 is 1.00 bits per heavy atom. The lowest BCUT2D eigenvalue weighted by Crippen LogP contribution is -2.14. The van der Waals surface area contributed by atoms with Crippen LogP contribution in [0.5, 0.6) is 0 Å². The lowest BCUT2D eigenvalue weighted by molar-refractivity contribution is 0.102. The first-order valence-electron chi connectivity index (χ1n) is 8.62. The third-order valence-corrected chi connectivity index (χ3v) is 4.39. The zero-order valence-corrected chi connectivity index (χ0v) is 15.2. The van der Waals surface area contributed by atoms with E-state index in [9.17, 15) is 4.79 Å². The van der Waals surface area contributed by atoms with Gasteiger partial charge in [0.2, 0.25) is 5.95 Å². The minimum atomic E-state index is -0.224. The molecule has 5 nitrogen and oxygen atoms in total. The summed E-state index contributed by atoms with van der Waals surface area (Å²) in [5, 5.41) is 6.04. The minimum absolute atomic E-state index is 0.224. The van der Waals surface area contributed by atoms with Gasteiger partial charge in [-0.1, -0.05) is 31.2 Å². The van der Waals surface area contributed by atoms with Gasteiger partial charge in [0.05, 0.1) is 5.56 Å². The van der Waals surface area contributed by atoms with Crippen molar-refractivity contribution in [1.29, 1.82) is 0 Å². The van der Waals surface area contributed by atoms with E-state index in [1.54, 1.807) is 0 Å². The van der Waals surface area contributed by atoms with Gasteiger partial charge in [0.25, 0.3) is 5.91 Å². The van der Waals surface area contributed by atoms with Crippen molar-refractivity contribution in [2.75, 3.05) is 10.6 Å². The summed E-state index contributed by atoms with van der Waals surface area (Å²) in [6.45, 7) is 6.12. The Morgan fingerprint density at radius 3 is 2.35 bits per heavy atom. The molecule has 3 rings (SSSR count). The predicted molar refractivity (Wildman–Crippen MR) is 105 cm³/mol. The van der Waals surface area contributed by atoms with Crippen LogP contribution in [0, 0.1) is 13.8 Å². The van der Waals surface area contributed by atoms with E-state index in [1.165, 1.54) is 18.0 Å².